The molecular weight excluding hydrogens is 493 g/mol. The molecule has 2 aliphatic rings. The van der Waals surface area contributed by atoms with Crippen LogP contribution in [0.15, 0.2) is 29.3 Å². The van der Waals surface area contributed by atoms with Gasteiger partial charge < -0.3 is 15.5 Å². The van der Waals surface area contributed by atoms with Crippen molar-refractivity contribution in [2.75, 3.05) is 13.1 Å². The maximum absolute atomic E-state index is 13.2. The van der Waals surface area contributed by atoms with Crippen molar-refractivity contribution >= 4 is 39.2 Å². The molecule has 1 aromatic heterocycles. The smallest absolute Gasteiger partial charge is 0.374 e. The molecule has 2 aromatic rings. The molecule has 5 nitrogen and oxygen atoms in total. The van der Waals surface area contributed by atoms with Crippen molar-refractivity contribution in [3.63, 3.8) is 0 Å². The van der Waals surface area contributed by atoms with Crippen molar-refractivity contribution in [1.29, 1.82) is 0 Å². The molecular formula is C25H33F3N4OS2. The van der Waals surface area contributed by atoms with E-state index in [1.807, 2.05) is 0 Å². The van der Waals surface area contributed by atoms with Gasteiger partial charge in [-0.25, -0.2) is 4.98 Å². The first-order chi connectivity index (χ1) is 16.6. The lowest BCUT2D eigenvalue weighted by atomic mass is 9.87. The first kappa shape index (κ1) is 26.3. The maximum atomic E-state index is 13.2. The highest BCUT2D eigenvalue weighted by Gasteiger charge is 2.45. The highest BCUT2D eigenvalue weighted by molar-refractivity contribution is 8.04. The Labute approximate surface area is 212 Å². The standard InChI is InChI=1S/C25H33F3N4OS2/c1-5-15(4)29-10-8-21(33)31-24-22(17-9-11-32(14(2)3)13-20(17)35-24)23-30-18-12-16(25(26,27)28)6-7-19(18)34-23/h6-7,12-15,17,22,24,29H,5,8-11H2,1-4H3,(H,31,33). The molecule has 4 rings (SSSR count). The van der Waals surface area contributed by atoms with Crippen LogP contribution in [0.2, 0.25) is 0 Å². The molecule has 0 bridgehead atoms. The fraction of sp³-hybridized carbons (Fsp3) is 0.600. The topological polar surface area (TPSA) is 57.3 Å². The van der Waals surface area contributed by atoms with E-state index in [1.165, 1.54) is 22.3 Å². The van der Waals surface area contributed by atoms with Gasteiger partial charge in [0.15, 0.2) is 0 Å². The molecule has 0 radical (unpaired) electrons. The molecule has 2 N–H and O–H groups in total. The molecule has 192 valence electrons. The van der Waals surface area contributed by atoms with E-state index in [2.05, 4.69) is 54.4 Å². The fourth-order valence-electron chi connectivity index (χ4n) is 4.56. The van der Waals surface area contributed by atoms with Crippen molar-refractivity contribution in [1.82, 2.24) is 20.5 Å². The van der Waals surface area contributed by atoms with E-state index in [1.54, 1.807) is 11.8 Å². The maximum Gasteiger partial charge on any atom is 0.416 e. The number of halogens is 3. The van der Waals surface area contributed by atoms with Crippen LogP contribution in [-0.2, 0) is 11.0 Å². The summed E-state index contributed by atoms with van der Waals surface area (Å²) in [6.07, 6.45) is 0.0961. The number of carbonyl (C=O) groups is 1. The first-order valence-corrected chi connectivity index (χ1v) is 13.9. The second-order valence-electron chi connectivity index (χ2n) is 9.64. The van der Waals surface area contributed by atoms with E-state index >= 15 is 0 Å². The van der Waals surface area contributed by atoms with E-state index < -0.39 is 11.7 Å². The summed E-state index contributed by atoms with van der Waals surface area (Å²) >= 11 is 3.10. The second kappa shape index (κ2) is 10.7. The van der Waals surface area contributed by atoms with Crippen molar-refractivity contribution in [2.45, 2.75) is 76.5 Å². The Balaban J connectivity index is 1.60. The van der Waals surface area contributed by atoms with Crippen LogP contribution in [-0.4, -0.2) is 46.3 Å². The Hall–Kier alpha value is -1.78. The van der Waals surface area contributed by atoms with Crippen LogP contribution in [0.4, 0.5) is 13.2 Å². The monoisotopic (exact) mass is 526 g/mol. The van der Waals surface area contributed by atoms with Crippen molar-refractivity contribution in [3.8, 4) is 0 Å². The lowest BCUT2D eigenvalue weighted by molar-refractivity contribution is -0.137. The number of allylic oxidation sites excluding steroid dienone is 1. The van der Waals surface area contributed by atoms with Gasteiger partial charge in [0.25, 0.3) is 0 Å². The summed E-state index contributed by atoms with van der Waals surface area (Å²) < 4.78 is 40.4. The molecule has 2 aliphatic heterocycles. The van der Waals surface area contributed by atoms with Gasteiger partial charge in [0, 0.05) is 54.5 Å². The van der Waals surface area contributed by atoms with Crippen molar-refractivity contribution < 1.29 is 18.0 Å². The fourth-order valence-corrected chi connectivity index (χ4v) is 7.38. The Morgan fingerprint density at radius 1 is 1.29 bits per heavy atom. The number of rotatable bonds is 8. The lowest BCUT2D eigenvalue weighted by Crippen LogP contribution is -2.39. The largest absolute Gasteiger partial charge is 0.416 e. The number of benzene rings is 1. The summed E-state index contributed by atoms with van der Waals surface area (Å²) in [5.41, 5.74) is -0.322. The number of hydrogen-bond acceptors (Lipinski definition) is 6. The molecule has 0 saturated carbocycles. The Bertz CT molecular complexity index is 1080. The molecule has 3 heterocycles. The van der Waals surface area contributed by atoms with Gasteiger partial charge in [-0.05, 0) is 51.8 Å². The van der Waals surface area contributed by atoms with Crippen molar-refractivity contribution in [2.24, 2.45) is 5.92 Å². The molecule has 4 unspecified atom stereocenters. The number of carbonyl (C=O) groups excluding carboxylic acids is 1. The minimum atomic E-state index is -4.40. The summed E-state index contributed by atoms with van der Waals surface area (Å²) in [4.78, 5) is 21.0. The van der Waals surface area contributed by atoms with Crippen LogP contribution < -0.4 is 10.6 Å². The van der Waals surface area contributed by atoms with Gasteiger partial charge in [-0.15, -0.1) is 23.1 Å². The number of hydrogen-bond donors (Lipinski definition) is 2. The van der Waals surface area contributed by atoms with Crippen LogP contribution >= 0.6 is 23.1 Å². The summed E-state index contributed by atoms with van der Waals surface area (Å²) in [5, 5.41) is 7.15. The molecule has 4 atom stereocenters. The third-order valence-electron chi connectivity index (χ3n) is 6.82. The summed E-state index contributed by atoms with van der Waals surface area (Å²) in [6, 6.07) is 4.49. The number of nitrogens with zero attached hydrogens (tertiary/aromatic N) is 2. The molecule has 1 aromatic carbocycles. The predicted molar refractivity (Wildman–Crippen MR) is 137 cm³/mol. The van der Waals surface area contributed by atoms with Gasteiger partial charge in [-0.1, -0.05) is 6.92 Å². The second-order valence-corrected chi connectivity index (χ2v) is 11.9. The van der Waals surface area contributed by atoms with E-state index in [-0.39, 0.29) is 23.1 Å². The Morgan fingerprint density at radius 2 is 2.06 bits per heavy atom. The number of nitrogens with one attached hydrogen (secondary N) is 2. The third-order valence-corrected chi connectivity index (χ3v) is 9.30. The molecule has 0 spiro atoms. The number of thioether (sulfide) groups is 1. The summed E-state index contributed by atoms with van der Waals surface area (Å²) in [6.45, 7) is 10.0. The molecule has 0 aliphatic carbocycles. The minimum Gasteiger partial charge on any atom is -0.374 e. The average molecular weight is 527 g/mol. The van der Waals surface area contributed by atoms with Gasteiger partial charge >= 0.3 is 6.18 Å². The molecule has 1 saturated heterocycles. The van der Waals surface area contributed by atoms with E-state index in [0.717, 1.165) is 41.2 Å². The van der Waals surface area contributed by atoms with Gasteiger partial charge in [-0.2, -0.15) is 13.2 Å². The van der Waals surface area contributed by atoms with Crippen molar-refractivity contribution in [3.05, 3.63) is 39.9 Å². The van der Waals surface area contributed by atoms with Crippen LogP contribution in [0.1, 0.15) is 63.4 Å². The SMILES string of the molecule is CCC(C)NCCC(=O)NC1SC2=CN(C(C)C)CCC2C1c1nc2cc(C(F)(F)F)ccc2s1. The average Bonchev–Trinajstić information content (AvgIpc) is 3.37. The normalized spacial score (nSPS) is 23.5. The first-order valence-electron chi connectivity index (χ1n) is 12.2. The molecule has 1 amide bonds. The Kier molecular flexibility index (Phi) is 8.02. The Morgan fingerprint density at radius 3 is 2.74 bits per heavy atom. The molecule has 1 fully saturated rings. The van der Waals surface area contributed by atoms with Gasteiger partial charge in [0.1, 0.15) is 5.01 Å². The number of thiazole rings is 1. The number of aromatic nitrogens is 1. The van der Waals surface area contributed by atoms with Crippen LogP contribution in [0.5, 0.6) is 0 Å². The van der Waals surface area contributed by atoms with E-state index in [9.17, 15) is 18.0 Å². The van der Waals surface area contributed by atoms with Crippen LogP contribution in [0, 0.1) is 5.92 Å². The van der Waals surface area contributed by atoms with Crippen LogP contribution in [0.3, 0.4) is 0 Å². The van der Waals surface area contributed by atoms with Crippen LogP contribution in [0.25, 0.3) is 10.2 Å². The predicted octanol–water partition coefficient (Wildman–Crippen LogP) is 5.94. The lowest BCUT2D eigenvalue weighted by Gasteiger charge is -2.33. The minimum absolute atomic E-state index is 0.0243. The van der Waals surface area contributed by atoms with Gasteiger partial charge in [0.05, 0.1) is 21.2 Å². The van der Waals surface area contributed by atoms with Gasteiger partial charge in [0.2, 0.25) is 5.91 Å². The van der Waals surface area contributed by atoms with E-state index in [4.69, 9.17) is 0 Å². The van der Waals surface area contributed by atoms with Gasteiger partial charge in [-0.3, -0.25) is 4.79 Å². The number of alkyl halides is 3. The zero-order valence-corrected chi connectivity index (χ0v) is 22.1. The highest BCUT2D eigenvalue weighted by atomic mass is 32.2. The summed E-state index contributed by atoms with van der Waals surface area (Å²) in [5.74, 6) is 0.101. The zero-order chi connectivity index (χ0) is 25.3. The number of amides is 1. The number of fused-ring (bicyclic) bond motifs is 2. The highest BCUT2D eigenvalue weighted by Crippen LogP contribution is 2.54. The summed E-state index contributed by atoms with van der Waals surface area (Å²) in [7, 11) is 0. The zero-order valence-electron chi connectivity index (χ0n) is 20.5. The quantitative estimate of drug-likeness (QED) is 0.446. The molecule has 10 heteroatoms. The molecule has 35 heavy (non-hydrogen) atoms. The third kappa shape index (κ3) is 5.97. The van der Waals surface area contributed by atoms with E-state index in [0.29, 0.717) is 30.6 Å².